The second-order valence-corrected chi connectivity index (χ2v) is 12.6. The van der Waals surface area contributed by atoms with Gasteiger partial charge in [-0.1, -0.05) is 26.8 Å². The molecule has 0 saturated heterocycles. The first-order valence-electron chi connectivity index (χ1n) is 8.28. The zero-order valence-corrected chi connectivity index (χ0v) is 16.7. The van der Waals surface area contributed by atoms with E-state index in [0.29, 0.717) is 5.69 Å². The number of carbonyl (C=O) groups is 1. The molecule has 24 heavy (non-hydrogen) atoms. The van der Waals surface area contributed by atoms with E-state index in [9.17, 15) is 4.79 Å². The molecule has 0 amide bonds. The lowest BCUT2D eigenvalue weighted by Crippen LogP contribution is -2.43. The van der Waals surface area contributed by atoms with Crippen molar-refractivity contribution in [2.75, 3.05) is 0 Å². The number of hydrogen-bond donors (Lipinski definition) is 0. The highest BCUT2D eigenvalue weighted by molar-refractivity contribution is 6.74. The number of rotatable bonds is 4. The summed E-state index contributed by atoms with van der Waals surface area (Å²) in [5.74, 6) is 0.923. The van der Waals surface area contributed by atoms with E-state index in [1.54, 1.807) is 6.07 Å². The van der Waals surface area contributed by atoms with Gasteiger partial charge in [0.25, 0.3) is 0 Å². The normalized spacial score (nSPS) is 12.1. The molecule has 2 rings (SSSR count). The van der Waals surface area contributed by atoms with Gasteiger partial charge in [-0.3, -0.25) is 4.79 Å². The van der Waals surface area contributed by atoms with Crippen LogP contribution in [0.3, 0.4) is 0 Å². The van der Waals surface area contributed by atoms with Crippen molar-refractivity contribution in [1.82, 2.24) is 4.98 Å². The number of carbonyl (C=O) groups excluding carboxylic acids is 1. The molecular formula is C20H27NO2Si. The van der Waals surface area contributed by atoms with Crippen molar-refractivity contribution in [3.8, 4) is 17.0 Å². The topological polar surface area (TPSA) is 39.2 Å². The number of aryl methyl sites for hydroxylation is 2. The summed E-state index contributed by atoms with van der Waals surface area (Å²) in [4.78, 5) is 15.4. The van der Waals surface area contributed by atoms with Gasteiger partial charge in [-0.05, 0) is 67.4 Å². The molecule has 0 aliphatic rings. The summed E-state index contributed by atoms with van der Waals surface area (Å²) in [6, 6.07) is 9.69. The van der Waals surface area contributed by atoms with E-state index < -0.39 is 8.32 Å². The minimum absolute atomic E-state index is 0.160. The number of benzene rings is 1. The molecule has 0 fully saturated rings. The van der Waals surface area contributed by atoms with Crippen molar-refractivity contribution in [3.05, 3.63) is 47.2 Å². The maximum Gasteiger partial charge on any atom is 0.250 e. The summed E-state index contributed by atoms with van der Waals surface area (Å²) in [5, 5.41) is 0.160. The summed E-state index contributed by atoms with van der Waals surface area (Å²) in [6.07, 6.45) is 0.781. The van der Waals surface area contributed by atoms with Crippen molar-refractivity contribution in [2.24, 2.45) is 0 Å². The van der Waals surface area contributed by atoms with E-state index in [1.165, 1.54) is 0 Å². The molecule has 0 spiro atoms. The van der Waals surface area contributed by atoms with E-state index in [2.05, 4.69) is 64.8 Å². The molecule has 4 heteroatoms. The SMILES string of the molecule is Cc1cc(O[Si](C)(C)C(C)(C)C)cc(C)c1-c1cccc(C=O)n1. The highest BCUT2D eigenvalue weighted by atomic mass is 28.4. The van der Waals surface area contributed by atoms with Gasteiger partial charge < -0.3 is 4.43 Å². The van der Waals surface area contributed by atoms with Crippen LogP contribution < -0.4 is 4.43 Å². The number of aromatic nitrogens is 1. The number of nitrogens with zero attached hydrogens (tertiary/aromatic N) is 1. The predicted octanol–water partition coefficient (Wildman–Crippen LogP) is 5.56. The summed E-state index contributed by atoms with van der Waals surface area (Å²) < 4.78 is 6.43. The second kappa shape index (κ2) is 6.52. The monoisotopic (exact) mass is 341 g/mol. The quantitative estimate of drug-likeness (QED) is 0.539. The Labute approximate surface area is 146 Å². The molecule has 1 aromatic heterocycles. The highest BCUT2D eigenvalue weighted by Crippen LogP contribution is 2.39. The molecule has 0 radical (unpaired) electrons. The molecule has 128 valence electrons. The van der Waals surface area contributed by atoms with Gasteiger partial charge in [0.05, 0.1) is 5.69 Å². The Morgan fingerprint density at radius 2 is 1.67 bits per heavy atom. The van der Waals surface area contributed by atoms with Gasteiger partial charge in [0.2, 0.25) is 8.32 Å². The lowest BCUT2D eigenvalue weighted by molar-refractivity contribution is 0.111. The smallest absolute Gasteiger partial charge is 0.250 e. The lowest BCUT2D eigenvalue weighted by atomic mass is 9.99. The van der Waals surface area contributed by atoms with E-state index in [4.69, 9.17) is 4.43 Å². The van der Waals surface area contributed by atoms with E-state index in [-0.39, 0.29) is 5.04 Å². The average molecular weight is 342 g/mol. The van der Waals surface area contributed by atoms with Gasteiger partial charge in [-0.25, -0.2) is 4.98 Å². The Bertz CT molecular complexity index is 737. The van der Waals surface area contributed by atoms with Crippen molar-refractivity contribution in [3.63, 3.8) is 0 Å². The largest absolute Gasteiger partial charge is 0.543 e. The standard InChI is InChI=1S/C20H27NO2Si/c1-14-11-17(23-24(6,7)20(3,4)5)12-15(2)19(14)18-10-8-9-16(13-22)21-18/h8-13H,1-7H3. The Morgan fingerprint density at radius 1 is 1.08 bits per heavy atom. The fourth-order valence-electron chi connectivity index (χ4n) is 2.49. The molecule has 0 N–H and O–H groups in total. The van der Waals surface area contributed by atoms with Crippen molar-refractivity contribution >= 4 is 14.6 Å². The van der Waals surface area contributed by atoms with Crippen LogP contribution in [0.5, 0.6) is 5.75 Å². The van der Waals surface area contributed by atoms with Crippen molar-refractivity contribution in [2.45, 2.75) is 52.8 Å². The average Bonchev–Trinajstić information content (AvgIpc) is 2.45. The number of pyridine rings is 1. The summed E-state index contributed by atoms with van der Waals surface area (Å²) >= 11 is 0. The first kappa shape index (κ1) is 18.4. The zero-order chi connectivity index (χ0) is 18.1. The van der Waals surface area contributed by atoms with Crippen LogP contribution in [-0.4, -0.2) is 19.6 Å². The molecule has 1 heterocycles. The minimum atomic E-state index is -1.86. The lowest BCUT2D eigenvalue weighted by Gasteiger charge is -2.36. The van der Waals surface area contributed by atoms with Crippen LogP contribution in [0.2, 0.25) is 18.1 Å². The first-order chi connectivity index (χ1) is 11.0. The van der Waals surface area contributed by atoms with Crippen LogP contribution in [0.25, 0.3) is 11.3 Å². The molecule has 0 bridgehead atoms. The van der Waals surface area contributed by atoms with E-state index in [1.807, 2.05) is 12.1 Å². The third-order valence-electron chi connectivity index (χ3n) is 4.83. The Kier molecular flexibility index (Phi) is 4.99. The number of hydrogen-bond acceptors (Lipinski definition) is 3. The third-order valence-corrected chi connectivity index (χ3v) is 9.19. The van der Waals surface area contributed by atoms with Crippen molar-refractivity contribution in [1.29, 1.82) is 0 Å². The van der Waals surface area contributed by atoms with Gasteiger partial charge in [-0.15, -0.1) is 0 Å². The van der Waals surface area contributed by atoms with Gasteiger partial charge in [0.1, 0.15) is 11.4 Å². The molecule has 0 saturated carbocycles. The molecule has 2 aromatic rings. The van der Waals surface area contributed by atoms with Crippen LogP contribution in [-0.2, 0) is 0 Å². The van der Waals surface area contributed by atoms with Crippen LogP contribution in [0, 0.1) is 13.8 Å². The minimum Gasteiger partial charge on any atom is -0.543 e. The van der Waals surface area contributed by atoms with Crippen LogP contribution in [0.15, 0.2) is 30.3 Å². The molecule has 3 nitrogen and oxygen atoms in total. The van der Waals surface area contributed by atoms with Crippen LogP contribution >= 0.6 is 0 Å². The maximum atomic E-state index is 11.0. The predicted molar refractivity (Wildman–Crippen MR) is 102 cm³/mol. The van der Waals surface area contributed by atoms with Gasteiger partial charge in [-0.2, -0.15) is 0 Å². The van der Waals surface area contributed by atoms with Gasteiger partial charge in [0.15, 0.2) is 6.29 Å². The highest BCUT2D eigenvalue weighted by Gasteiger charge is 2.39. The molecule has 1 aromatic carbocycles. The van der Waals surface area contributed by atoms with Crippen LogP contribution in [0.1, 0.15) is 42.4 Å². The Morgan fingerprint density at radius 3 is 2.17 bits per heavy atom. The molecule has 0 atom stereocenters. The molecule has 0 aliphatic carbocycles. The Hall–Kier alpha value is -1.94. The fraction of sp³-hybridized carbons (Fsp3) is 0.400. The molecule has 0 unspecified atom stereocenters. The molecule has 0 aliphatic heterocycles. The summed E-state index contributed by atoms with van der Waals surface area (Å²) in [7, 11) is -1.86. The van der Waals surface area contributed by atoms with Crippen molar-refractivity contribution < 1.29 is 9.22 Å². The Balaban J connectivity index is 2.44. The second-order valence-electron chi connectivity index (χ2n) is 7.86. The summed E-state index contributed by atoms with van der Waals surface area (Å²) in [5.41, 5.74) is 4.57. The van der Waals surface area contributed by atoms with Gasteiger partial charge >= 0.3 is 0 Å². The zero-order valence-electron chi connectivity index (χ0n) is 15.7. The summed E-state index contributed by atoms with van der Waals surface area (Å²) in [6.45, 7) is 15.3. The first-order valence-corrected chi connectivity index (χ1v) is 11.2. The fourth-order valence-corrected chi connectivity index (χ4v) is 3.50. The van der Waals surface area contributed by atoms with Crippen LogP contribution in [0.4, 0.5) is 0 Å². The third kappa shape index (κ3) is 3.75. The number of aldehydes is 1. The van der Waals surface area contributed by atoms with E-state index >= 15 is 0 Å². The maximum absolute atomic E-state index is 11.0. The molecular weight excluding hydrogens is 314 g/mol. The van der Waals surface area contributed by atoms with Gasteiger partial charge in [0, 0.05) is 5.56 Å². The van der Waals surface area contributed by atoms with E-state index in [0.717, 1.165) is 34.4 Å².